The third-order valence-electron chi connectivity index (χ3n) is 4.39. The van der Waals surface area contributed by atoms with Gasteiger partial charge in [0.1, 0.15) is 0 Å². The lowest BCUT2D eigenvalue weighted by Crippen LogP contribution is -2.25. The van der Waals surface area contributed by atoms with Crippen LogP contribution >= 0.6 is 0 Å². The number of tetrazole rings is 1. The summed E-state index contributed by atoms with van der Waals surface area (Å²) in [5.41, 5.74) is 0.290. The predicted octanol–water partition coefficient (Wildman–Crippen LogP) is 2.23. The van der Waals surface area contributed by atoms with Crippen molar-refractivity contribution >= 4 is 0 Å². The maximum absolute atomic E-state index is 13.8. The van der Waals surface area contributed by atoms with Gasteiger partial charge in [-0.2, -0.15) is 0 Å². The topological polar surface area (TPSA) is 64.9 Å². The van der Waals surface area contributed by atoms with Crippen LogP contribution < -0.4 is 5.32 Å². The molecule has 0 bridgehead atoms. The zero-order chi connectivity index (χ0) is 16.9. The highest BCUT2D eigenvalue weighted by Gasteiger charge is 2.18. The van der Waals surface area contributed by atoms with Crippen LogP contribution in [0.1, 0.15) is 37.2 Å². The van der Waals surface area contributed by atoms with Crippen molar-refractivity contribution in [3.8, 4) is 0 Å². The van der Waals surface area contributed by atoms with Gasteiger partial charge in [0.15, 0.2) is 17.5 Å². The van der Waals surface area contributed by atoms with Crippen molar-refractivity contribution in [2.24, 2.45) is 5.92 Å². The average molecular weight is 337 g/mol. The van der Waals surface area contributed by atoms with Crippen molar-refractivity contribution in [3.63, 3.8) is 0 Å². The lowest BCUT2D eigenvalue weighted by molar-refractivity contribution is 0.0596. The monoisotopic (exact) mass is 337 g/mol. The molecule has 1 aliphatic heterocycles. The Balaban J connectivity index is 1.60. The van der Waals surface area contributed by atoms with E-state index in [0.717, 1.165) is 38.7 Å². The van der Waals surface area contributed by atoms with Crippen LogP contribution in [-0.2, 0) is 17.8 Å². The predicted molar refractivity (Wildman–Crippen MR) is 83.0 cm³/mol. The third kappa shape index (κ3) is 3.93. The Morgan fingerprint density at radius 2 is 2.12 bits per heavy atom. The van der Waals surface area contributed by atoms with E-state index in [1.807, 2.05) is 0 Å². The third-order valence-corrected chi connectivity index (χ3v) is 4.39. The Morgan fingerprint density at radius 3 is 2.92 bits per heavy atom. The summed E-state index contributed by atoms with van der Waals surface area (Å²) in [7, 11) is 0. The summed E-state index contributed by atoms with van der Waals surface area (Å²) in [4.78, 5) is 0. The van der Waals surface area contributed by atoms with Crippen LogP contribution in [0.25, 0.3) is 0 Å². The molecule has 0 amide bonds. The van der Waals surface area contributed by atoms with E-state index < -0.39 is 11.6 Å². The second-order valence-corrected chi connectivity index (χ2v) is 6.08. The molecule has 1 saturated heterocycles. The second-order valence-electron chi connectivity index (χ2n) is 6.08. The first kappa shape index (κ1) is 16.9. The van der Waals surface area contributed by atoms with Crippen molar-refractivity contribution in [3.05, 3.63) is 41.2 Å². The lowest BCUT2D eigenvalue weighted by Gasteiger charge is -2.22. The number of ether oxygens (including phenoxy) is 1. The summed E-state index contributed by atoms with van der Waals surface area (Å²) in [5, 5.41) is 14.9. The molecule has 3 rings (SSSR count). The molecule has 1 fully saturated rings. The average Bonchev–Trinajstić information content (AvgIpc) is 3.03. The zero-order valence-corrected chi connectivity index (χ0v) is 13.6. The van der Waals surface area contributed by atoms with Gasteiger partial charge in [-0.1, -0.05) is 12.1 Å². The molecule has 130 valence electrons. The van der Waals surface area contributed by atoms with E-state index in [2.05, 4.69) is 20.8 Å². The first-order valence-corrected chi connectivity index (χ1v) is 8.15. The number of benzene rings is 1. The maximum Gasteiger partial charge on any atom is 0.165 e. The van der Waals surface area contributed by atoms with Gasteiger partial charge in [0.2, 0.25) is 0 Å². The van der Waals surface area contributed by atoms with E-state index in [9.17, 15) is 8.78 Å². The van der Waals surface area contributed by atoms with Crippen molar-refractivity contribution < 1.29 is 13.5 Å². The molecule has 2 aromatic rings. The Labute approximate surface area is 139 Å². The van der Waals surface area contributed by atoms with Gasteiger partial charge in [0, 0.05) is 31.4 Å². The molecular formula is C16H21F2N5O. The van der Waals surface area contributed by atoms with Gasteiger partial charge in [0.05, 0.1) is 6.54 Å². The standard InChI is InChI=1S/C16H21F2N5O/c1-11(13-3-2-4-14(17)16(13)18)19-9-15-20-21-22-23(15)10-12-5-7-24-8-6-12/h2-4,11-12,19H,5-10H2,1H3. The number of nitrogens with zero attached hydrogens (tertiary/aromatic N) is 4. The van der Waals surface area contributed by atoms with Gasteiger partial charge in [-0.05, 0) is 42.2 Å². The van der Waals surface area contributed by atoms with Gasteiger partial charge >= 0.3 is 0 Å². The summed E-state index contributed by atoms with van der Waals surface area (Å²) >= 11 is 0. The molecular weight excluding hydrogens is 316 g/mol. The molecule has 1 aromatic carbocycles. The van der Waals surface area contributed by atoms with Gasteiger partial charge in [-0.3, -0.25) is 0 Å². The fraction of sp³-hybridized carbons (Fsp3) is 0.562. The fourth-order valence-corrected chi connectivity index (χ4v) is 2.87. The quantitative estimate of drug-likeness (QED) is 0.876. The molecule has 0 radical (unpaired) electrons. The van der Waals surface area contributed by atoms with Crippen molar-refractivity contribution in [2.45, 2.75) is 38.9 Å². The Bertz CT molecular complexity index is 672. The summed E-state index contributed by atoms with van der Waals surface area (Å²) < 4.78 is 34.3. The number of nitrogens with one attached hydrogen (secondary N) is 1. The number of halogens is 2. The van der Waals surface area contributed by atoms with E-state index >= 15 is 0 Å². The Morgan fingerprint density at radius 1 is 1.33 bits per heavy atom. The first-order chi connectivity index (χ1) is 11.6. The molecule has 24 heavy (non-hydrogen) atoms. The molecule has 2 heterocycles. The van der Waals surface area contributed by atoms with E-state index in [1.165, 1.54) is 6.07 Å². The summed E-state index contributed by atoms with van der Waals surface area (Å²) in [6.45, 7) is 4.46. The minimum atomic E-state index is -0.842. The highest BCUT2D eigenvalue weighted by Crippen LogP contribution is 2.20. The molecule has 0 saturated carbocycles. The molecule has 1 N–H and O–H groups in total. The SMILES string of the molecule is CC(NCc1nnnn1CC1CCOCC1)c1cccc(F)c1F. The normalized spacial score (nSPS) is 17.1. The van der Waals surface area contributed by atoms with Gasteiger partial charge in [0.25, 0.3) is 0 Å². The zero-order valence-electron chi connectivity index (χ0n) is 13.6. The van der Waals surface area contributed by atoms with E-state index in [1.54, 1.807) is 17.7 Å². The fourth-order valence-electron chi connectivity index (χ4n) is 2.87. The Kier molecular flexibility index (Phi) is 5.47. The molecule has 1 unspecified atom stereocenters. The largest absolute Gasteiger partial charge is 0.381 e. The summed E-state index contributed by atoms with van der Waals surface area (Å²) in [5.74, 6) is -0.478. The van der Waals surface area contributed by atoms with Crippen LogP contribution in [0.5, 0.6) is 0 Å². The van der Waals surface area contributed by atoms with E-state index in [-0.39, 0.29) is 6.04 Å². The van der Waals surface area contributed by atoms with Crippen molar-refractivity contribution in [2.75, 3.05) is 13.2 Å². The van der Waals surface area contributed by atoms with E-state index in [0.29, 0.717) is 23.9 Å². The number of aromatic nitrogens is 4. The minimum Gasteiger partial charge on any atom is -0.381 e. The summed E-state index contributed by atoms with van der Waals surface area (Å²) in [6.07, 6.45) is 2.00. The smallest absolute Gasteiger partial charge is 0.165 e. The molecule has 8 heteroatoms. The van der Waals surface area contributed by atoms with Crippen LogP contribution in [0.3, 0.4) is 0 Å². The van der Waals surface area contributed by atoms with Crippen LogP contribution in [0.2, 0.25) is 0 Å². The molecule has 6 nitrogen and oxygen atoms in total. The molecule has 0 spiro atoms. The minimum absolute atomic E-state index is 0.290. The van der Waals surface area contributed by atoms with Gasteiger partial charge in [-0.25, -0.2) is 13.5 Å². The van der Waals surface area contributed by atoms with Crippen LogP contribution in [0.4, 0.5) is 8.78 Å². The lowest BCUT2D eigenvalue weighted by atomic mass is 10.0. The molecule has 1 atom stereocenters. The Hall–Kier alpha value is -1.93. The highest BCUT2D eigenvalue weighted by molar-refractivity contribution is 5.22. The van der Waals surface area contributed by atoms with Gasteiger partial charge in [-0.15, -0.1) is 5.10 Å². The van der Waals surface area contributed by atoms with E-state index in [4.69, 9.17) is 4.74 Å². The van der Waals surface area contributed by atoms with Crippen LogP contribution in [-0.4, -0.2) is 33.4 Å². The van der Waals surface area contributed by atoms with Crippen LogP contribution in [0.15, 0.2) is 18.2 Å². The van der Waals surface area contributed by atoms with Crippen LogP contribution in [0, 0.1) is 17.6 Å². The molecule has 1 aromatic heterocycles. The second kappa shape index (κ2) is 7.76. The number of rotatable bonds is 6. The highest BCUT2D eigenvalue weighted by atomic mass is 19.2. The maximum atomic E-state index is 13.8. The van der Waals surface area contributed by atoms with Gasteiger partial charge < -0.3 is 10.1 Å². The number of hydrogen-bond acceptors (Lipinski definition) is 5. The summed E-state index contributed by atoms with van der Waals surface area (Å²) in [6, 6.07) is 3.83. The molecule has 1 aliphatic rings. The molecule has 0 aliphatic carbocycles. The first-order valence-electron chi connectivity index (χ1n) is 8.15. The van der Waals surface area contributed by atoms with Crippen molar-refractivity contribution in [1.82, 2.24) is 25.5 Å². The number of hydrogen-bond donors (Lipinski definition) is 1. The van der Waals surface area contributed by atoms with Crippen molar-refractivity contribution in [1.29, 1.82) is 0 Å².